The number of pyridine rings is 1. The van der Waals surface area contributed by atoms with Gasteiger partial charge in [-0.05, 0) is 24.6 Å². The van der Waals surface area contributed by atoms with Crippen LogP contribution in [0.3, 0.4) is 0 Å². The topological polar surface area (TPSA) is 105 Å². The molecule has 0 aliphatic carbocycles. The number of sulfonamides is 1. The normalized spacial score (nSPS) is 16.2. The van der Waals surface area contributed by atoms with Crippen molar-refractivity contribution in [2.45, 2.75) is 11.3 Å². The van der Waals surface area contributed by atoms with Crippen LogP contribution in [-0.2, 0) is 10.0 Å². The van der Waals surface area contributed by atoms with Gasteiger partial charge in [0.15, 0.2) is 0 Å². The van der Waals surface area contributed by atoms with Gasteiger partial charge in [0, 0.05) is 44.8 Å². The molecule has 0 radical (unpaired) electrons. The highest BCUT2D eigenvalue weighted by molar-refractivity contribution is 7.89. The van der Waals surface area contributed by atoms with Crippen molar-refractivity contribution in [1.82, 2.24) is 15.0 Å². The van der Waals surface area contributed by atoms with Gasteiger partial charge in [0.05, 0.1) is 0 Å². The van der Waals surface area contributed by atoms with Crippen molar-refractivity contribution < 1.29 is 8.42 Å². The van der Waals surface area contributed by atoms with Crippen LogP contribution in [0.1, 0.15) is 6.42 Å². The second kappa shape index (κ2) is 6.47. The number of hydrogen-bond acceptors (Lipinski definition) is 7. The molecule has 8 nitrogen and oxygen atoms in total. The maximum atomic E-state index is 11.7. The molecule has 9 heteroatoms. The average Bonchev–Trinajstić information content (AvgIpc) is 2.81. The van der Waals surface area contributed by atoms with Crippen molar-refractivity contribution in [3.63, 3.8) is 0 Å². The largest absolute Gasteiger partial charge is 0.354 e. The Bertz CT molecular complexity index is 768. The van der Waals surface area contributed by atoms with E-state index in [0.29, 0.717) is 31.4 Å². The summed E-state index contributed by atoms with van der Waals surface area (Å²) in [6.45, 7) is 2.81. The summed E-state index contributed by atoms with van der Waals surface area (Å²) in [5.74, 6) is 1.09. The molecule has 122 valence electrons. The highest BCUT2D eigenvalue weighted by atomic mass is 32.2. The SMILES string of the molecule is NS(=O)(=O)c1cccnc1N1CCCN(c2ncccn2)CC1. The quantitative estimate of drug-likeness (QED) is 0.857. The van der Waals surface area contributed by atoms with Crippen LogP contribution in [0, 0.1) is 0 Å². The Morgan fingerprint density at radius 2 is 1.57 bits per heavy atom. The van der Waals surface area contributed by atoms with Crippen molar-refractivity contribution in [1.29, 1.82) is 0 Å². The van der Waals surface area contributed by atoms with Crippen molar-refractivity contribution in [3.8, 4) is 0 Å². The van der Waals surface area contributed by atoms with Gasteiger partial charge in [0.2, 0.25) is 16.0 Å². The van der Waals surface area contributed by atoms with Crippen LogP contribution in [0.25, 0.3) is 0 Å². The minimum atomic E-state index is -3.80. The average molecular weight is 334 g/mol. The van der Waals surface area contributed by atoms with E-state index in [9.17, 15) is 8.42 Å². The molecule has 2 N–H and O–H groups in total. The molecule has 3 rings (SSSR count). The Morgan fingerprint density at radius 3 is 2.30 bits per heavy atom. The van der Waals surface area contributed by atoms with Gasteiger partial charge in [-0.1, -0.05) is 0 Å². The molecule has 1 fully saturated rings. The summed E-state index contributed by atoms with van der Waals surface area (Å²) >= 11 is 0. The van der Waals surface area contributed by atoms with Gasteiger partial charge < -0.3 is 9.80 Å². The predicted octanol–water partition coefficient (Wildman–Crippen LogP) is 0.236. The second-order valence-electron chi connectivity index (χ2n) is 5.25. The minimum Gasteiger partial charge on any atom is -0.354 e. The van der Waals surface area contributed by atoms with Gasteiger partial charge in [-0.25, -0.2) is 28.5 Å². The summed E-state index contributed by atoms with van der Waals surface area (Å²) < 4.78 is 23.5. The van der Waals surface area contributed by atoms with E-state index < -0.39 is 10.0 Å². The number of rotatable bonds is 3. The van der Waals surface area contributed by atoms with Crippen LogP contribution in [0.5, 0.6) is 0 Å². The van der Waals surface area contributed by atoms with Crippen molar-refractivity contribution in [2.24, 2.45) is 5.14 Å². The lowest BCUT2D eigenvalue weighted by atomic mass is 10.3. The molecule has 0 saturated carbocycles. The number of anilines is 2. The van der Waals surface area contributed by atoms with E-state index in [1.165, 1.54) is 6.07 Å². The van der Waals surface area contributed by atoms with Gasteiger partial charge in [-0.3, -0.25) is 0 Å². The Labute approximate surface area is 135 Å². The van der Waals surface area contributed by atoms with Crippen molar-refractivity contribution in [2.75, 3.05) is 36.0 Å². The number of hydrogen-bond donors (Lipinski definition) is 1. The molecule has 0 spiro atoms. The monoisotopic (exact) mass is 334 g/mol. The van der Waals surface area contributed by atoms with Crippen LogP contribution >= 0.6 is 0 Å². The third kappa shape index (κ3) is 3.57. The fourth-order valence-corrected chi connectivity index (χ4v) is 3.33. The third-order valence-electron chi connectivity index (χ3n) is 3.69. The molecule has 1 saturated heterocycles. The summed E-state index contributed by atoms with van der Waals surface area (Å²) in [7, 11) is -3.80. The first kappa shape index (κ1) is 15.6. The zero-order chi connectivity index (χ0) is 16.3. The fourth-order valence-electron chi connectivity index (χ4n) is 2.63. The molecule has 0 atom stereocenters. The molecule has 0 aromatic carbocycles. The van der Waals surface area contributed by atoms with Gasteiger partial charge >= 0.3 is 0 Å². The molecule has 2 aromatic heterocycles. The summed E-state index contributed by atoms with van der Waals surface area (Å²) in [5.41, 5.74) is 0. The maximum Gasteiger partial charge on any atom is 0.241 e. The molecular weight excluding hydrogens is 316 g/mol. The molecule has 2 aromatic rings. The molecule has 0 amide bonds. The van der Waals surface area contributed by atoms with E-state index in [4.69, 9.17) is 5.14 Å². The van der Waals surface area contributed by atoms with Crippen molar-refractivity contribution in [3.05, 3.63) is 36.8 Å². The lowest BCUT2D eigenvalue weighted by Crippen LogP contribution is -2.33. The van der Waals surface area contributed by atoms with E-state index in [2.05, 4.69) is 19.9 Å². The lowest BCUT2D eigenvalue weighted by molar-refractivity contribution is 0.596. The summed E-state index contributed by atoms with van der Waals surface area (Å²) in [5, 5.41) is 5.30. The van der Waals surface area contributed by atoms with Crippen LogP contribution in [0.2, 0.25) is 0 Å². The second-order valence-corrected chi connectivity index (χ2v) is 6.78. The van der Waals surface area contributed by atoms with Gasteiger partial charge in [-0.2, -0.15) is 0 Å². The smallest absolute Gasteiger partial charge is 0.241 e. The summed E-state index contributed by atoms with van der Waals surface area (Å²) in [4.78, 5) is 16.8. The Kier molecular flexibility index (Phi) is 4.39. The zero-order valence-corrected chi connectivity index (χ0v) is 13.4. The van der Waals surface area contributed by atoms with Gasteiger partial charge in [0.25, 0.3) is 0 Å². The molecule has 23 heavy (non-hydrogen) atoms. The highest BCUT2D eigenvalue weighted by Gasteiger charge is 2.23. The molecule has 1 aliphatic heterocycles. The fraction of sp³-hybridized carbons (Fsp3) is 0.357. The Balaban J connectivity index is 1.82. The summed E-state index contributed by atoms with van der Waals surface area (Å²) in [6, 6.07) is 4.84. The Morgan fingerprint density at radius 1 is 0.913 bits per heavy atom. The predicted molar refractivity (Wildman–Crippen MR) is 86.7 cm³/mol. The number of primary sulfonamides is 1. The molecule has 1 aliphatic rings. The third-order valence-corrected chi connectivity index (χ3v) is 4.62. The molecule has 0 unspecified atom stereocenters. The van der Waals surface area contributed by atoms with Crippen molar-refractivity contribution >= 4 is 21.8 Å². The van der Waals surface area contributed by atoms with E-state index >= 15 is 0 Å². The Hall–Kier alpha value is -2.26. The molecule has 3 heterocycles. The van der Waals surface area contributed by atoms with E-state index in [1.54, 1.807) is 30.7 Å². The van der Waals surface area contributed by atoms with E-state index in [-0.39, 0.29) is 4.90 Å². The lowest BCUT2D eigenvalue weighted by Gasteiger charge is -2.24. The van der Waals surface area contributed by atoms with Crippen LogP contribution in [-0.4, -0.2) is 49.5 Å². The first-order valence-electron chi connectivity index (χ1n) is 7.30. The first-order valence-corrected chi connectivity index (χ1v) is 8.85. The van der Waals surface area contributed by atoms with Crippen LogP contribution in [0.4, 0.5) is 11.8 Å². The number of nitrogens with two attached hydrogens (primary N) is 1. The number of aromatic nitrogens is 3. The summed E-state index contributed by atoms with van der Waals surface area (Å²) in [6.07, 6.45) is 5.84. The molecular formula is C14H18N6O2S. The van der Waals surface area contributed by atoms with E-state index in [1.807, 2.05) is 4.90 Å². The van der Waals surface area contributed by atoms with E-state index in [0.717, 1.165) is 13.0 Å². The zero-order valence-electron chi connectivity index (χ0n) is 12.5. The molecule has 0 bridgehead atoms. The highest BCUT2D eigenvalue weighted by Crippen LogP contribution is 2.23. The van der Waals surface area contributed by atoms with Crippen LogP contribution < -0.4 is 14.9 Å². The van der Waals surface area contributed by atoms with Gasteiger partial charge in [-0.15, -0.1) is 0 Å². The minimum absolute atomic E-state index is 0.0596. The van der Waals surface area contributed by atoms with Crippen LogP contribution in [0.15, 0.2) is 41.7 Å². The van der Waals surface area contributed by atoms with Gasteiger partial charge in [0.1, 0.15) is 10.7 Å². The first-order chi connectivity index (χ1) is 11.1. The standard InChI is InChI=1S/C14H18N6O2S/c15-23(21,22)12-4-1-5-16-13(12)19-8-3-9-20(11-10-19)14-17-6-2-7-18-14/h1-2,4-7H,3,8-11H2,(H2,15,21,22). The maximum absolute atomic E-state index is 11.7. The number of nitrogens with zero attached hydrogens (tertiary/aromatic N) is 5.